The molecule has 110 valence electrons. The van der Waals surface area contributed by atoms with E-state index in [0.717, 1.165) is 0 Å². The number of rotatable bonds is 6. The van der Waals surface area contributed by atoms with E-state index >= 15 is 0 Å². The predicted molar refractivity (Wildman–Crippen MR) is 79.1 cm³/mol. The molecule has 1 amide bonds. The first-order chi connectivity index (χ1) is 9.49. The molecule has 0 saturated heterocycles. The highest BCUT2D eigenvalue weighted by atomic mass is 35.5. The Balaban J connectivity index is 2.70. The Labute approximate surface area is 128 Å². The molecule has 0 radical (unpaired) electrons. The largest absolute Gasteiger partial charge is 0.469 e. The van der Waals surface area contributed by atoms with Gasteiger partial charge in [-0.05, 0) is 24.6 Å². The first-order valence-corrected chi connectivity index (χ1v) is 7.02. The zero-order valence-corrected chi connectivity index (χ0v) is 13.0. The standard InChI is InChI=1S/C14H17Cl2NO3/c1-3-17(8-7-14(19)20-2)13(18)9-10-11(15)5-4-6-12(10)16/h4-6H,3,7-9H2,1-2H3. The molecule has 0 N–H and O–H groups in total. The molecule has 0 aromatic heterocycles. The number of halogens is 2. The molecule has 0 spiro atoms. The number of hydrogen-bond acceptors (Lipinski definition) is 3. The molecule has 1 aromatic carbocycles. The molecular weight excluding hydrogens is 301 g/mol. The van der Waals surface area contributed by atoms with Crippen LogP contribution < -0.4 is 0 Å². The maximum Gasteiger partial charge on any atom is 0.307 e. The second-order valence-electron chi connectivity index (χ2n) is 4.18. The third-order valence-corrected chi connectivity index (χ3v) is 3.65. The van der Waals surface area contributed by atoms with Crippen molar-refractivity contribution in [3.8, 4) is 0 Å². The van der Waals surface area contributed by atoms with E-state index in [4.69, 9.17) is 23.2 Å². The Morgan fingerprint density at radius 2 is 1.85 bits per heavy atom. The molecule has 6 heteroatoms. The normalized spacial score (nSPS) is 10.2. The van der Waals surface area contributed by atoms with Gasteiger partial charge in [-0.1, -0.05) is 29.3 Å². The van der Waals surface area contributed by atoms with E-state index < -0.39 is 0 Å². The maximum absolute atomic E-state index is 12.2. The molecule has 4 nitrogen and oxygen atoms in total. The third-order valence-electron chi connectivity index (χ3n) is 2.94. The number of methoxy groups -OCH3 is 1. The summed E-state index contributed by atoms with van der Waals surface area (Å²) in [5.41, 5.74) is 0.609. The van der Waals surface area contributed by atoms with Crippen LogP contribution in [0, 0.1) is 0 Å². The van der Waals surface area contributed by atoms with Crippen LogP contribution in [0.15, 0.2) is 18.2 Å². The molecule has 0 aliphatic heterocycles. The van der Waals surface area contributed by atoms with Crippen LogP contribution in [0.1, 0.15) is 18.9 Å². The van der Waals surface area contributed by atoms with Crippen LogP contribution in [0.5, 0.6) is 0 Å². The van der Waals surface area contributed by atoms with Crippen LogP contribution in [0.2, 0.25) is 10.0 Å². The highest BCUT2D eigenvalue weighted by Gasteiger charge is 2.17. The zero-order valence-electron chi connectivity index (χ0n) is 11.5. The molecule has 1 rings (SSSR count). The van der Waals surface area contributed by atoms with Crippen molar-refractivity contribution in [3.05, 3.63) is 33.8 Å². The summed E-state index contributed by atoms with van der Waals surface area (Å²) in [6.45, 7) is 2.69. The van der Waals surface area contributed by atoms with Crippen LogP contribution in [0.25, 0.3) is 0 Å². The second kappa shape index (κ2) is 8.12. The third kappa shape index (κ3) is 4.69. The van der Waals surface area contributed by atoms with Crippen molar-refractivity contribution in [2.75, 3.05) is 20.2 Å². The molecule has 0 unspecified atom stereocenters. The summed E-state index contributed by atoms with van der Waals surface area (Å²) in [5.74, 6) is -0.460. The summed E-state index contributed by atoms with van der Waals surface area (Å²) in [6.07, 6.45) is 0.292. The quantitative estimate of drug-likeness (QED) is 0.758. The van der Waals surface area contributed by atoms with Crippen molar-refractivity contribution in [2.45, 2.75) is 19.8 Å². The van der Waals surface area contributed by atoms with Gasteiger partial charge in [-0.25, -0.2) is 0 Å². The summed E-state index contributed by atoms with van der Waals surface area (Å²) in [6, 6.07) is 5.12. The Morgan fingerprint density at radius 1 is 1.25 bits per heavy atom. The van der Waals surface area contributed by atoms with E-state index in [2.05, 4.69) is 4.74 Å². The van der Waals surface area contributed by atoms with Gasteiger partial charge in [0.25, 0.3) is 0 Å². The number of hydrogen-bond donors (Lipinski definition) is 0. The van der Waals surface area contributed by atoms with Crippen LogP contribution in [0.3, 0.4) is 0 Å². The van der Waals surface area contributed by atoms with Crippen molar-refractivity contribution >= 4 is 35.1 Å². The average Bonchev–Trinajstić information content (AvgIpc) is 2.43. The fourth-order valence-electron chi connectivity index (χ4n) is 1.75. The number of ether oxygens (including phenoxy) is 1. The highest BCUT2D eigenvalue weighted by Crippen LogP contribution is 2.25. The van der Waals surface area contributed by atoms with Gasteiger partial charge < -0.3 is 9.64 Å². The fraction of sp³-hybridized carbons (Fsp3) is 0.429. The van der Waals surface area contributed by atoms with Crippen molar-refractivity contribution in [3.63, 3.8) is 0 Å². The molecule has 0 bridgehead atoms. The molecule has 1 aromatic rings. The number of esters is 1. The second-order valence-corrected chi connectivity index (χ2v) is 4.99. The monoisotopic (exact) mass is 317 g/mol. The fourth-order valence-corrected chi connectivity index (χ4v) is 2.28. The number of carbonyl (C=O) groups excluding carboxylic acids is 2. The number of likely N-dealkylation sites (N-methyl/N-ethyl adjacent to an activating group) is 1. The van der Waals surface area contributed by atoms with E-state index in [-0.39, 0.29) is 24.7 Å². The summed E-state index contributed by atoms with van der Waals surface area (Å²) < 4.78 is 4.56. The summed E-state index contributed by atoms with van der Waals surface area (Å²) >= 11 is 12.1. The Hall–Kier alpha value is -1.26. The Kier molecular flexibility index (Phi) is 6.82. The molecule has 20 heavy (non-hydrogen) atoms. The molecule has 0 aliphatic carbocycles. The van der Waals surface area contributed by atoms with Gasteiger partial charge >= 0.3 is 5.97 Å². The average molecular weight is 318 g/mol. The molecule has 0 fully saturated rings. The minimum atomic E-state index is -0.341. The molecule has 0 saturated carbocycles. The van der Waals surface area contributed by atoms with E-state index in [9.17, 15) is 9.59 Å². The molecule has 0 heterocycles. The molecular formula is C14H17Cl2NO3. The van der Waals surface area contributed by atoms with E-state index in [1.165, 1.54) is 7.11 Å². The van der Waals surface area contributed by atoms with Gasteiger partial charge in [-0.3, -0.25) is 9.59 Å². The summed E-state index contributed by atoms with van der Waals surface area (Å²) in [7, 11) is 1.32. The summed E-state index contributed by atoms with van der Waals surface area (Å²) in [5, 5.41) is 0.935. The van der Waals surface area contributed by atoms with Gasteiger partial charge in [0.15, 0.2) is 0 Å². The number of amides is 1. The lowest BCUT2D eigenvalue weighted by Crippen LogP contribution is -2.34. The number of benzene rings is 1. The van der Waals surface area contributed by atoms with Crippen molar-refractivity contribution < 1.29 is 14.3 Å². The van der Waals surface area contributed by atoms with Gasteiger partial charge in [-0.15, -0.1) is 0 Å². The minimum absolute atomic E-state index is 0.119. The van der Waals surface area contributed by atoms with Gasteiger partial charge in [0.05, 0.1) is 20.0 Å². The van der Waals surface area contributed by atoms with E-state index in [0.29, 0.717) is 28.7 Å². The van der Waals surface area contributed by atoms with Gasteiger partial charge in [-0.2, -0.15) is 0 Å². The lowest BCUT2D eigenvalue weighted by Gasteiger charge is -2.21. The van der Waals surface area contributed by atoms with Gasteiger partial charge in [0.2, 0.25) is 5.91 Å². The first kappa shape index (κ1) is 16.8. The minimum Gasteiger partial charge on any atom is -0.469 e. The van der Waals surface area contributed by atoms with Crippen molar-refractivity contribution in [1.29, 1.82) is 0 Å². The predicted octanol–water partition coefficient (Wildman–Crippen LogP) is 2.95. The SMILES string of the molecule is CCN(CCC(=O)OC)C(=O)Cc1c(Cl)cccc1Cl. The zero-order chi connectivity index (χ0) is 15.1. The maximum atomic E-state index is 12.2. The topological polar surface area (TPSA) is 46.6 Å². The van der Waals surface area contributed by atoms with Crippen molar-refractivity contribution in [1.82, 2.24) is 4.90 Å². The summed E-state index contributed by atoms with van der Waals surface area (Å²) in [4.78, 5) is 24.9. The van der Waals surface area contributed by atoms with Crippen LogP contribution in [0.4, 0.5) is 0 Å². The number of nitrogens with zero attached hydrogens (tertiary/aromatic N) is 1. The smallest absolute Gasteiger partial charge is 0.307 e. The van der Waals surface area contributed by atoms with Crippen molar-refractivity contribution in [2.24, 2.45) is 0 Å². The molecule has 0 aliphatic rings. The van der Waals surface area contributed by atoms with Crippen LogP contribution in [-0.2, 0) is 20.7 Å². The Morgan fingerprint density at radius 3 is 2.35 bits per heavy atom. The lowest BCUT2D eigenvalue weighted by molar-refractivity contribution is -0.141. The number of carbonyl (C=O) groups is 2. The Bertz CT molecular complexity index is 471. The lowest BCUT2D eigenvalue weighted by atomic mass is 10.1. The first-order valence-electron chi connectivity index (χ1n) is 6.27. The van der Waals surface area contributed by atoms with E-state index in [1.807, 2.05) is 6.92 Å². The highest BCUT2D eigenvalue weighted by molar-refractivity contribution is 6.36. The van der Waals surface area contributed by atoms with E-state index in [1.54, 1.807) is 23.1 Å². The van der Waals surface area contributed by atoms with Crippen LogP contribution in [-0.4, -0.2) is 37.0 Å². The van der Waals surface area contributed by atoms with Crippen LogP contribution >= 0.6 is 23.2 Å². The molecule has 0 atom stereocenters. The van der Waals surface area contributed by atoms with Gasteiger partial charge in [0, 0.05) is 23.1 Å². The van der Waals surface area contributed by atoms with Gasteiger partial charge in [0.1, 0.15) is 0 Å².